The molecule has 0 spiro atoms. The fourth-order valence-electron chi connectivity index (χ4n) is 2.76. The Morgan fingerprint density at radius 2 is 1.92 bits per heavy atom. The Morgan fingerprint density at radius 1 is 1.15 bits per heavy atom. The van der Waals surface area contributed by atoms with Gasteiger partial charge in [-0.1, -0.05) is 12.1 Å². The van der Waals surface area contributed by atoms with Gasteiger partial charge in [-0.2, -0.15) is 13.2 Å². The number of alkyl halides is 3. The van der Waals surface area contributed by atoms with E-state index in [4.69, 9.17) is 4.74 Å². The van der Waals surface area contributed by atoms with E-state index in [1.807, 2.05) is 25.1 Å². The summed E-state index contributed by atoms with van der Waals surface area (Å²) in [6.07, 6.45) is -2.81. The van der Waals surface area contributed by atoms with Crippen molar-refractivity contribution in [3.05, 3.63) is 60.3 Å². The average molecular weight is 362 g/mol. The molecule has 0 fully saturated rings. The Hall–Kier alpha value is -2.96. The van der Waals surface area contributed by atoms with Crippen molar-refractivity contribution in [2.24, 2.45) is 0 Å². The molecule has 3 aromatic rings. The summed E-state index contributed by atoms with van der Waals surface area (Å²) in [4.78, 5) is 12.2. The van der Waals surface area contributed by atoms with Crippen molar-refractivity contribution in [1.82, 2.24) is 4.57 Å². The molecule has 0 saturated heterocycles. The lowest BCUT2D eigenvalue weighted by Crippen LogP contribution is -2.20. The number of carbonyl (C=O) groups is 1. The molecule has 0 bridgehead atoms. The van der Waals surface area contributed by atoms with Crippen LogP contribution in [-0.2, 0) is 17.5 Å². The summed E-state index contributed by atoms with van der Waals surface area (Å²) in [7, 11) is 0. The van der Waals surface area contributed by atoms with Gasteiger partial charge in [-0.05, 0) is 43.3 Å². The average Bonchev–Trinajstić information content (AvgIpc) is 2.97. The molecule has 7 heteroatoms. The largest absolute Gasteiger partial charge is 0.494 e. The molecule has 1 N–H and O–H groups in total. The molecule has 3 rings (SSSR count). The van der Waals surface area contributed by atoms with Gasteiger partial charge < -0.3 is 14.6 Å². The van der Waals surface area contributed by atoms with Crippen molar-refractivity contribution in [2.45, 2.75) is 19.6 Å². The first-order chi connectivity index (χ1) is 12.4. The molecule has 1 heterocycles. The molecular weight excluding hydrogens is 345 g/mol. The molecule has 136 valence electrons. The number of benzene rings is 2. The number of nitrogens with one attached hydrogen (secondary N) is 1. The summed E-state index contributed by atoms with van der Waals surface area (Å²) in [5, 5.41) is 3.24. The third kappa shape index (κ3) is 3.82. The molecule has 2 aromatic carbocycles. The minimum absolute atomic E-state index is 0.0936. The highest BCUT2D eigenvalue weighted by atomic mass is 19.4. The lowest BCUT2D eigenvalue weighted by molar-refractivity contribution is -0.137. The van der Waals surface area contributed by atoms with Crippen LogP contribution in [-0.4, -0.2) is 17.1 Å². The van der Waals surface area contributed by atoms with E-state index >= 15 is 0 Å². The van der Waals surface area contributed by atoms with Gasteiger partial charge in [0.25, 0.3) is 0 Å². The van der Waals surface area contributed by atoms with Gasteiger partial charge in [0, 0.05) is 17.1 Å². The van der Waals surface area contributed by atoms with E-state index < -0.39 is 17.6 Å². The van der Waals surface area contributed by atoms with E-state index in [2.05, 4.69) is 5.32 Å². The van der Waals surface area contributed by atoms with Gasteiger partial charge in [-0.25, -0.2) is 0 Å². The van der Waals surface area contributed by atoms with Gasteiger partial charge in [0.1, 0.15) is 12.3 Å². The fourth-order valence-corrected chi connectivity index (χ4v) is 2.76. The van der Waals surface area contributed by atoms with Gasteiger partial charge in [0.05, 0.1) is 17.9 Å². The van der Waals surface area contributed by atoms with Gasteiger partial charge in [-0.15, -0.1) is 0 Å². The van der Waals surface area contributed by atoms with Crippen LogP contribution in [0.3, 0.4) is 0 Å². The van der Waals surface area contributed by atoms with Crippen LogP contribution < -0.4 is 10.1 Å². The Kier molecular flexibility index (Phi) is 4.88. The summed E-state index contributed by atoms with van der Waals surface area (Å²) in [6, 6.07) is 12.2. The molecule has 4 nitrogen and oxygen atoms in total. The highest BCUT2D eigenvalue weighted by molar-refractivity contribution is 5.93. The highest BCUT2D eigenvalue weighted by Crippen LogP contribution is 2.34. The maximum atomic E-state index is 13.0. The predicted molar refractivity (Wildman–Crippen MR) is 93.2 cm³/mol. The zero-order valence-corrected chi connectivity index (χ0v) is 14.0. The molecule has 0 aliphatic rings. The normalized spacial score (nSPS) is 11.5. The molecule has 26 heavy (non-hydrogen) atoms. The predicted octanol–water partition coefficient (Wildman–Crippen LogP) is 4.70. The van der Waals surface area contributed by atoms with Gasteiger partial charge in [0.2, 0.25) is 5.91 Å². The van der Waals surface area contributed by atoms with Crippen LogP contribution in [0.4, 0.5) is 18.9 Å². The fraction of sp³-hybridized carbons (Fsp3) is 0.211. The number of amides is 1. The zero-order chi connectivity index (χ0) is 18.7. The molecule has 0 unspecified atom stereocenters. The van der Waals surface area contributed by atoms with Crippen molar-refractivity contribution < 1.29 is 22.7 Å². The third-order valence-electron chi connectivity index (χ3n) is 3.87. The van der Waals surface area contributed by atoms with E-state index in [9.17, 15) is 18.0 Å². The molecular formula is C19H17F3N2O2. The molecule has 0 atom stereocenters. The van der Waals surface area contributed by atoms with Crippen molar-refractivity contribution in [3.63, 3.8) is 0 Å². The number of aromatic nitrogens is 1. The van der Waals surface area contributed by atoms with E-state index in [-0.39, 0.29) is 12.2 Å². The number of anilines is 1. The van der Waals surface area contributed by atoms with Crippen LogP contribution in [0.1, 0.15) is 12.5 Å². The molecule has 1 aromatic heterocycles. The summed E-state index contributed by atoms with van der Waals surface area (Å²) < 4.78 is 46.2. The summed E-state index contributed by atoms with van der Waals surface area (Å²) in [5.41, 5.74) is -0.320. The Bertz CT molecular complexity index is 932. The highest BCUT2D eigenvalue weighted by Gasteiger charge is 2.33. The first kappa shape index (κ1) is 17.8. The molecule has 0 aliphatic carbocycles. The monoisotopic (exact) mass is 362 g/mol. The van der Waals surface area contributed by atoms with E-state index in [1.165, 1.54) is 18.2 Å². The van der Waals surface area contributed by atoms with Gasteiger partial charge in [0.15, 0.2) is 0 Å². The summed E-state index contributed by atoms with van der Waals surface area (Å²) >= 11 is 0. The maximum absolute atomic E-state index is 13.0. The smallest absolute Gasteiger partial charge is 0.418 e. The minimum Gasteiger partial charge on any atom is -0.494 e. The van der Waals surface area contributed by atoms with Crippen LogP contribution >= 0.6 is 0 Å². The molecule has 0 aliphatic heterocycles. The van der Waals surface area contributed by atoms with E-state index in [0.717, 1.165) is 22.7 Å². The SMILES string of the molecule is CCOc1ccc2c(ccn2CC(=O)Nc2ccccc2C(F)(F)F)c1. The first-order valence-electron chi connectivity index (χ1n) is 8.06. The number of nitrogens with zero attached hydrogens (tertiary/aromatic N) is 1. The second kappa shape index (κ2) is 7.11. The van der Waals surface area contributed by atoms with Crippen LogP contribution in [0.25, 0.3) is 10.9 Å². The lowest BCUT2D eigenvalue weighted by Gasteiger charge is -2.14. The van der Waals surface area contributed by atoms with Crippen molar-refractivity contribution in [1.29, 1.82) is 0 Å². The Labute approximate surface area is 148 Å². The van der Waals surface area contributed by atoms with E-state index in [1.54, 1.807) is 16.8 Å². The number of carbonyl (C=O) groups excluding carboxylic acids is 1. The molecule has 0 radical (unpaired) electrons. The minimum atomic E-state index is -4.53. The first-order valence-corrected chi connectivity index (χ1v) is 8.06. The number of ether oxygens (including phenoxy) is 1. The molecule has 1 amide bonds. The number of fused-ring (bicyclic) bond motifs is 1. The maximum Gasteiger partial charge on any atom is 0.418 e. The van der Waals surface area contributed by atoms with Crippen LogP contribution in [0, 0.1) is 0 Å². The number of rotatable bonds is 5. The van der Waals surface area contributed by atoms with E-state index in [0.29, 0.717) is 6.61 Å². The van der Waals surface area contributed by atoms with Gasteiger partial charge in [-0.3, -0.25) is 4.79 Å². The lowest BCUT2D eigenvalue weighted by atomic mass is 10.1. The Morgan fingerprint density at radius 3 is 2.65 bits per heavy atom. The standard InChI is InChI=1S/C19H17F3N2O2/c1-2-26-14-7-8-17-13(11-14)9-10-24(17)12-18(25)23-16-6-4-3-5-15(16)19(20,21)22/h3-11H,2,12H2,1H3,(H,23,25). The number of para-hydroxylation sites is 1. The molecule has 0 saturated carbocycles. The summed E-state index contributed by atoms with van der Waals surface area (Å²) in [6.45, 7) is 2.34. The van der Waals surface area contributed by atoms with Gasteiger partial charge >= 0.3 is 6.18 Å². The summed E-state index contributed by atoms with van der Waals surface area (Å²) in [5.74, 6) is 0.189. The van der Waals surface area contributed by atoms with Crippen molar-refractivity contribution >= 4 is 22.5 Å². The number of halogens is 3. The van der Waals surface area contributed by atoms with Crippen LogP contribution in [0.2, 0.25) is 0 Å². The Balaban J connectivity index is 1.78. The zero-order valence-electron chi connectivity index (χ0n) is 14.0. The van der Waals surface area contributed by atoms with Crippen molar-refractivity contribution in [2.75, 3.05) is 11.9 Å². The number of hydrogen-bond donors (Lipinski definition) is 1. The third-order valence-corrected chi connectivity index (χ3v) is 3.87. The van der Waals surface area contributed by atoms with Crippen LogP contribution in [0.5, 0.6) is 5.75 Å². The second-order valence-electron chi connectivity index (χ2n) is 5.69. The second-order valence-corrected chi connectivity index (χ2v) is 5.69. The quantitative estimate of drug-likeness (QED) is 0.715. The van der Waals surface area contributed by atoms with Crippen molar-refractivity contribution in [3.8, 4) is 5.75 Å². The topological polar surface area (TPSA) is 43.3 Å². The number of hydrogen-bond acceptors (Lipinski definition) is 2. The van der Waals surface area contributed by atoms with Crippen LogP contribution in [0.15, 0.2) is 54.7 Å².